The van der Waals surface area contributed by atoms with Crippen LogP contribution >= 0.6 is 0 Å². The number of amides is 5. The summed E-state index contributed by atoms with van der Waals surface area (Å²) >= 11 is 0. The molecule has 5 amide bonds. The van der Waals surface area contributed by atoms with E-state index in [9.17, 15) is 32.3 Å². The lowest BCUT2D eigenvalue weighted by Crippen LogP contribution is -2.50. The first kappa shape index (κ1) is 20.0. The van der Waals surface area contributed by atoms with Crippen molar-refractivity contribution in [1.82, 2.24) is 20.9 Å². The van der Waals surface area contributed by atoms with E-state index in [-0.39, 0.29) is 0 Å². The summed E-state index contributed by atoms with van der Waals surface area (Å²) in [7, 11) is 0. The molecule has 11 heteroatoms. The Bertz CT molecular complexity index is 600. The number of alkyl halides is 3. The van der Waals surface area contributed by atoms with Crippen molar-refractivity contribution >= 4 is 23.8 Å². The summed E-state index contributed by atoms with van der Waals surface area (Å²) in [6, 6.07) is -0.679. The zero-order valence-electron chi connectivity index (χ0n) is 14.2. The van der Waals surface area contributed by atoms with Crippen LogP contribution in [0.2, 0.25) is 0 Å². The van der Waals surface area contributed by atoms with E-state index < -0.39 is 55.1 Å². The lowest BCUT2D eigenvalue weighted by molar-refractivity contribution is -0.139. The molecule has 26 heavy (non-hydrogen) atoms. The molecule has 1 saturated carbocycles. The van der Waals surface area contributed by atoms with Gasteiger partial charge in [0.25, 0.3) is 5.91 Å². The van der Waals surface area contributed by atoms with Gasteiger partial charge in [-0.15, -0.1) is 0 Å². The topological polar surface area (TPSA) is 108 Å². The molecule has 1 saturated heterocycles. The average Bonchev–Trinajstić information content (AvgIpc) is 2.78. The third-order valence-electron chi connectivity index (χ3n) is 4.61. The summed E-state index contributed by atoms with van der Waals surface area (Å²) in [5.74, 6) is -1.86. The van der Waals surface area contributed by atoms with Gasteiger partial charge in [0, 0.05) is 0 Å². The molecule has 0 radical (unpaired) electrons. The van der Waals surface area contributed by atoms with Crippen LogP contribution in [0.3, 0.4) is 0 Å². The molecule has 8 nitrogen and oxygen atoms in total. The zero-order chi connectivity index (χ0) is 19.5. The maximum Gasteiger partial charge on any atom is 0.405 e. The Morgan fingerprint density at radius 1 is 1.19 bits per heavy atom. The van der Waals surface area contributed by atoms with E-state index in [2.05, 4.69) is 17.6 Å². The average molecular weight is 378 g/mol. The number of urea groups is 1. The number of hydrogen-bond donors (Lipinski definition) is 3. The standard InChI is InChI=1S/C15H21F3N4O4/c1-9-2-4-14(5-3-9)12(25)22(13(26)21-14)7-11(24)19-6-10(23)20-8-15(16,17)18/h9H,2-8H2,1H3,(H,19,24)(H,20,23)(H,21,26). The molecule has 1 aliphatic carbocycles. The SMILES string of the molecule is CC1CCC2(CC1)NC(=O)N(CC(=O)NCC(=O)NCC(F)(F)F)C2=O. The molecule has 0 aromatic heterocycles. The van der Waals surface area contributed by atoms with E-state index >= 15 is 0 Å². The Hall–Kier alpha value is -2.33. The Kier molecular flexibility index (Phi) is 5.77. The second-order valence-corrected chi connectivity index (χ2v) is 6.75. The van der Waals surface area contributed by atoms with Gasteiger partial charge < -0.3 is 16.0 Å². The van der Waals surface area contributed by atoms with Crippen LogP contribution in [0.25, 0.3) is 0 Å². The van der Waals surface area contributed by atoms with Crippen molar-refractivity contribution in [1.29, 1.82) is 0 Å². The molecule has 2 fully saturated rings. The highest BCUT2D eigenvalue weighted by atomic mass is 19.4. The highest BCUT2D eigenvalue weighted by Gasteiger charge is 2.52. The number of hydrogen-bond acceptors (Lipinski definition) is 4. The van der Waals surface area contributed by atoms with Crippen molar-refractivity contribution in [3.05, 3.63) is 0 Å². The number of nitrogens with zero attached hydrogens (tertiary/aromatic N) is 1. The summed E-state index contributed by atoms with van der Waals surface area (Å²) < 4.78 is 35.9. The van der Waals surface area contributed by atoms with Crippen LogP contribution < -0.4 is 16.0 Å². The number of carbonyl (C=O) groups excluding carboxylic acids is 4. The maximum absolute atomic E-state index is 12.5. The van der Waals surface area contributed by atoms with Gasteiger partial charge in [-0.3, -0.25) is 19.3 Å². The molecule has 2 aliphatic rings. The lowest BCUT2D eigenvalue weighted by atomic mass is 9.77. The summed E-state index contributed by atoms with van der Waals surface area (Å²) in [6.45, 7) is -0.714. The van der Waals surface area contributed by atoms with E-state index in [0.717, 1.165) is 17.7 Å². The highest BCUT2D eigenvalue weighted by Crippen LogP contribution is 2.36. The quantitative estimate of drug-likeness (QED) is 0.598. The van der Waals surface area contributed by atoms with E-state index in [1.165, 1.54) is 0 Å². The zero-order valence-corrected chi connectivity index (χ0v) is 14.2. The third kappa shape index (κ3) is 4.85. The summed E-state index contributed by atoms with van der Waals surface area (Å²) in [5, 5.41) is 6.34. The molecule has 0 bridgehead atoms. The molecule has 0 aromatic rings. The van der Waals surface area contributed by atoms with Crippen molar-refractivity contribution in [2.24, 2.45) is 5.92 Å². The van der Waals surface area contributed by atoms with Gasteiger partial charge in [-0.1, -0.05) is 6.92 Å². The molecule has 3 N–H and O–H groups in total. The van der Waals surface area contributed by atoms with Crippen molar-refractivity contribution in [3.8, 4) is 0 Å². The minimum Gasteiger partial charge on any atom is -0.345 e. The van der Waals surface area contributed by atoms with Gasteiger partial charge in [0.2, 0.25) is 11.8 Å². The molecule has 0 unspecified atom stereocenters. The smallest absolute Gasteiger partial charge is 0.345 e. The Balaban J connectivity index is 1.82. The number of rotatable bonds is 5. The van der Waals surface area contributed by atoms with Crippen molar-refractivity contribution in [2.45, 2.75) is 44.3 Å². The fourth-order valence-electron chi connectivity index (χ4n) is 3.05. The van der Waals surface area contributed by atoms with Crippen LogP contribution in [-0.4, -0.2) is 60.0 Å². The summed E-state index contributed by atoms with van der Waals surface area (Å²) in [5.41, 5.74) is -0.978. The molecule has 1 heterocycles. The second-order valence-electron chi connectivity index (χ2n) is 6.75. The summed E-state index contributed by atoms with van der Waals surface area (Å²) in [6.07, 6.45) is -1.99. The van der Waals surface area contributed by atoms with E-state index in [4.69, 9.17) is 0 Å². The van der Waals surface area contributed by atoms with Gasteiger partial charge in [0.15, 0.2) is 0 Å². The first-order chi connectivity index (χ1) is 12.0. The van der Waals surface area contributed by atoms with Gasteiger partial charge in [-0.2, -0.15) is 13.2 Å². The van der Waals surface area contributed by atoms with Crippen LogP contribution in [0.1, 0.15) is 32.6 Å². The van der Waals surface area contributed by atoms with Gasteiger partial charge in [-0.25, -0.2) is 4.79 Å². The lowest BCUT2D eigenvalue weighted by Gasteiger charge is -2.33. The number of imide groups is 1. The predicted octanol–water partition coefficient (Wildman–Crippen LogP) is 0.282. The minimum absolute atomic E-state index is 0.456. The van der Waals surface area contributed by atoms with Crippen molar-refractivity contribution in [3.63, 3.8) is 0 Å². The molecule has 0 aromatic carbocycles. The molecule has 1 aliphatic heterocycles. The van der Waals surface area contributed by atoms with Crippen LogP contribution in [-0.2, 0) is 14.4 Å². The third-order valence-corrected chi connectivity index (χ3v) is 4.61. The van der Waals surface area contributed by atoms with Crippen LogP contribution in [0.15, 0.2) is 0 Å². The first-order valence-electron chi connectivity index (χ1n) is 8.27. The first-order valence-corrected chi connectivity index (χ1v) is 8.27. The fourth-order valence-corrected chi connectivity index (χ4v) is 3.05. The normalized spacial score (nSPS) is 26.0. The van der Waals surface area contributed by atoms with E-state index in [1.54, 1.807) is 5.32 Å². The van der Waals surface area contributed by atoms with Crippen LogP contribution in [0, 0.1) is 5.92 Å². The maximum atomic E-state index is 12.5. The Morgan fingerprint density at radius 2 is 1.81 bits per heavy atom. The van der Waals surface area contributed by atoms with Crippen LogP contribution in [0.4, 0.5) is 18.0 Å². The van der Waals surface area contributed by atoms with Gasteiger partial charge in [0.1, 0.15) is 18.6 Å². The number of carbonyl (C=O) groups is 4. The van der Waals surface area contributed by atoms with Gasteiger partial charge >= 0.3 is 12.2 Å². The molecule has 1 spiro atoms. The highest BCUT2D eigenvalue weighted by molar-refractivity contribution is 6.09. The largest absolute Gasteiger partial charge is 0.405 e. The van der Waals surface area contributed by atoms with E-state index in [0.29, 0.717) is 18.8 Å². The van der Waals surface area contributed by atoms with Crippen molar-refractivity contribution in [2.75, 3.05) is 19.6 Å². The summed E-state index contributed by atoms with van der Waals surface area (Å²) in [4.78, 5) is 48.4. The van der Waals surface area contributed by atoms with Gasteiger partial charge in [-0.05, 0) is 31.6 Å². The molecule has 2 rings (SSSR count). The molecular weight excluding hydrogens is 357 g/mol. The van der Waals surface area contributed by atoms with Crippen molar-refractivity contribution < 1.29 is 32.3 Å². The van der Waals surface area contributed by atoms with Gasteiger partial charge in [0.05, 0.1) is 6.54 Å². The molecule has 0 atom stereocenters. The Labute approximate surface area is 147 Å². The fraction of sp³-hybridized carbons (Fsp3) is 0.733. The Morgan fingerprint density at radius 3 is 2.38 bits per heavy atom. The molecule has 146 valence electrons. The predicted molar refractivity (Wildman–Crippen MR) is 82.7 cm³/mol. The molecular formula is C15H21F3N4O4. The number of halogens is 3. The number of nitrogens with one attached hydrogen (secondary N) is 3. The van der Waals surface area contributed by atoms with Crippen LogP contribution in [0.5, 0.6) is 0 Å². The second kappa shape index (κ2) is 7.50. The van der Waals surface area contributed by atoms with E-state index in [1.807, 2.05) is 0 Å². The minimum atomic E-state index is -4.55. The monoisotopic (exact) mass is 378 g/mol.